The maximum absolute atomic E-state index is 11.8. The van der Waals surface area contributed by atoms with Crippen molar-refractivity contribution in [1.82, 2.24) is 19.5 Å². The molecule has 2 aliphatic rings. The summed E-state index contributed by atoms with van der Waals surface area (Å²) >= 11 is 6.22. The van der Waals surface area contributed by atoms with E-state index in [1.807, 2.05) is 6.07 Å². The van der Waals surface area contributed by atoms with Gasteiger partial charge in [0.1, 0.15) is 12.2 Å². The molecular weight excluding hydrogens is 530 g/mol. The summed E-state index contributed by atoms with van der Waals surface area (Å²) in [6, 6.07) is 9.08. The van der Waals surface area contributed by atoms with Crippen molar-refractivity contribution < 1.29 is 34.3 Å². The molecule has 5 rings (SSSR count). The van der Waals surface area contributed by atoms with Gasteiger partial charge in [-0.1, -0.05) is 36.3 Å². The molecule has 0 radical (unpaired) electrons. The minimum atomic E-state index is -2.18. The zero-order chi connectivity index (χ0) is 27.6. The van der Waals surface area contributed by atoms with Gasteiger partial charge in [0.25, 0.3) is 0 Å². The molecule has 3 aromatic rings. The number of hydrogen-bond acceptors (Lipinski definition) is 10. The van der Waals surface area contributed by atoms with Crippen LogP contribution in [0.25, 0.3) is 11.2 Å². The Morgan fingerprint density at radius 2 is 2.05 bits per heavy atom. The van der Waals surface area contributed by atoms with Crippen LogP contribution < -0.4 is 5.32 Å². The van der Waals surface area contributed by atoms with Crippen LogP contribution in [-0.2, 0) is 25.4 Å². The van der Waals surface area contributed by atoms with Gasteiger partial charge in [0.2, 0.25) is 5.28 Å². The van der Waals surface area contributed by atoms with E-state index in [1.165, 1.54) is 10.9 Å². The number of benzene rings is 1. The summed E-state index contributed by atoms with van der Waals surface area (Å²) in [5.41, 5.74) is -0.785. The fourth-order valence-electron chi connectivity index (χ4n) is 4.78. The average Bonchev–Trinajstić information content (AvgIpc) is 3.46. The Morgan fingerprint density at radius 3 is 2.74 bits per heavy atom. The Balaban J connectivity index is 1.37. The lowest BCUT2D eigenvalue weighted by Gasteiger charge is -2.26. The third kappa shape index (κ3) is 5.56. The molecule has 0 amide bonds. The third-order valence-corrected chi connectivity index (χ3v) is 7.13. The Labute approximate surface area is 228 Å². The fourth-order valence-corrected chi connectivity index (χ4v) is 4.94. The van der Waals surface area contributed by atoms with Gasteiger partial charge in [-0.05, 0) is 30.0 Å². The molecule has 2 aliphatic heterocycles. The lowest BCUT2D eigenvalue weighted by atomic mass is 9.93. The second-order valence-corrected chi connectivity index (χ2v) is 9.81. The number of fused-ring (bicyclic) bond motifs is 1. The molecular formula is C26H28ClN5O7. The number of halogens is 1. The number of hydrogen-bond donors (Lipinski definition) is 4. The maximum Gasteiger partial charge on any atom is 0.333 e. The number of carboxylic acids is 1. The van der Waals surface area contributed by atoms with Crippen molar-refractivity contribution in [2.45, 2.75) is 55.4 Å². The number of nitrogens with zero attached hydrogens (tertiary/aromatic N) is 4. The van der Waals surface area contributed by atoms with Crippen LogP contribution in [-0.4, -0.2) is 90.6 Å². The average molecular weight is 558 g/mol. The molecule has 12 nitrogen and oxygen atoms in total. The molecule has 0 saturated carbocycles. The van der Waals surface area contributed by atoms with Gasteiger partial charge in [-0.3, -0.25) is 4.57 Å². The second-order valence-electron chi connectivity index (χ2n) is 9.48. The van der Waals surface area contributed by atoms with Crippen molar-refractivity contribution >= 4 is 34.6 Å². The molecule has 0 aliphatic carbocycles. The second kappa shape index (κ2) is 11.4. The van der Waals surface area contributed by atoms with Crippen molar-refractivity contribution in [1.29, 1.82) is 0 Å². The number of anilines is 1. The number of aliphatic carboxylic acids is 1. The summed E-state index contributed by atoms with van der Waals surface area (Å²) in [4.78, 5) is 24.8. The Morgan fingerprint density at radius 1 is 1.31 bits per heavy atom. The number of terminal acetylenes is 1. The Kier molecular flexibility index (Phi) is 7.99. The molecule has 0 spiro atoms. The first-order chi connectivity index (χ1) is 18.8. The van der Waals surface area contributed by atoms with Crippen molar-refractivity contribution in [3.05, 3.63) is 47.5 Å². The molecule has 4 heterocycles. The van der Waals surface area contributed by atoms with Gasteiger partial charge in [0.15, 0.2) is 34.9 Å². The van der Waals surface area contributed by atoms with Gasteiger partial charge < -0.3 is 34.8 Å². The topological polar surface area (TPSA) is 161 Å². The SMILES string of the molecule is C#C[C@@]1(O)[C@@H](COC(Cc2ccccc2)C(=O)O)O[C@@H](n2cnc3c(NC4CCOCC4)nc(Cl)nc32)[C@@H]1O. The molecule has 2 aromatic heterocycles. The minimum absolute atomic E-state index is 0.0522. The normalized spacial score (nSPS) is 26.4. The van der Waals surface area contributed by atoms with Crippen LogP contribution in [0.5, 0.6) is 0 Å². The Bertz CT molecular complexity index is 1360. The van der Waals surface area contributed by atoms with E-state index < -0.39 is 42.7 Å². The van der Waals surface area contributed by atoms with Crippen LogP contribution in [0.15, 0.2) is 36.7 Å². The first kappa shape index (κ1) is 27.3. The van der Waals surface area contributed by atoms with Crippen LogP contribution in [0.1, 0.15) is 24.6 Å². The highest BCUT2D eigenvalue weighted by molar-refractivity contribution is 6.28. The Hall–Kier alpha value is -3.31. The summed E-state index contributed by atoms with van der Waals surface area (Å²) in [5, 5.41) is 35.2. The molecule has 5 atom stereocenters. The van der Waals surface area contributed by atoms with Gasteiger partial charge in [0.05, 0.1) is 12.9 Å². The number of ether oxygens (including phenoxy) is 3. The number of aromatic nitrogens is 4. The van der Waals surface area contributed by atoms with E-state index in [9.17, 15) is 20.1 Å². The highest BCUT2D eigenvalue weighted by atomic mass is 35.5. The number of carboxylic acid groups (broad SMARTS) is 1. The number of aliphatic hydroxyl groups excluding tert-OH is 1. The quantitative estimate of drug-likeness (QED) is 0.222. The standard InChI is InChI=1S/C26H28ClN5O7/c1-2-26(36)18(13-38-17(24(34)35)12-15-6-4-3-5-7-15)39-23(20(26)33)32-14-28-19-21(30-25(27)31-22(19)32)29-16-8-10-37-11-9-16/h1,3-7,14,16-18,20,23,33,36H,8-13H2,(H,34,35)(H,29,30,31)/t17?,18-,20+,23-,26-/m1/s1. The van der Waals surface area contributed by atoms with Crippen LogP contribution in [0.3, 0.4) is 0 Å². The number of carbonyl (C=O) groups is 1. The van der Waals surface area contributed by atoms with Gasteiger partial charge in [-0.2, -0.15) is 9.97 Å². The van der Waals surface area contributed by atoms with E-state index >= 15 is 0 Å². The summed E-state index contributed by atoms with van der Waals surface area (Å²) in [6.45, 7) is 0.855. The highest BCUT2D eigenvalue weighted by Gasteiger charge is 2.56. The zero-order valence-corrected chi connectivity index (χ0v) is 21.6. The minimum Gasteiger partial charge on any atom is -0.479 e. The largest absolute Gasteiger partial charge is 0.479 e. The third-order valence-electron chi connectivity index (χ3n) is 6.97. The maximum atomic E-state index is 11.8. The molecule has 2 fully saturated rings. The number of imidazole rings is 1. The lowest BCUT2D eigenvalue weighted by Crippen LogP contribution is -2.48. The van der Waals surface area contributed by atoms with Crippen molar-refractivity contribution in [2.75, 3.05) is 25.1 Å². The van der Waals surface area contributed by atoms with Crippen LogP contribution in [0, 0.1) is 12.3 Å². The van der Waals surface area contributed by atoms with Crippen LogP contribution >= 0.6 is 11.6 Å². The molecule has 1 aromatic carbocycles. The number of nitrogens with one attached hydrogen (secondary N) is 1. The summed E-state index contributed by atoms with van der Waals surface area (Å²) in [7, 11) is 0. The molecule has 206 valence electrons. The van der Waals surface area contributed by atoms with Crippen molar-refractivity contribution in [2.24, 2.45) is 0 Å². The molecule has 39 heavy (non-hydrogen) atoms. The number of rotatable bonds is 9. The molecule has 13 heteroatoms. The van der Waals surface area contributed by atoms with Gasteiger partial charge in [-0.15, -0.1) is 6.42 Å². The van der Waals surface area contributed by atoms with E-state index in [0.717, 1.165) is 18.4 Å². The van der Waals surface area contributed by atoms with Crippen molar-refractivity contribution in [3.63, 3.8) is 0 Å². The first-order valence-electron chi connectivity index (χ1n) is 12.5. The predicted octanol–water partition coefficient (Wildman–Crippen LogP) is 1.41. The van der Waals surface area contributed by atoms with Crippen molar-refractivity contribution in [3.8, 4) is 12.3 Å². The van der Waals surface area contributed by atoms with E-state index in [2.05, 4.69) is 26.2 Å². The van der Waals surface area contributed by atoms with Crippen LogP contribution in [0.2, 0.25) is 5.28 Å². The fraction of sp³-hybridized carbons (Fsp3) is 0.462. The highest BCUT2D eigenvalue weighted by Crippen LogP contribution is 2.39. The van der Waals surface area contributed by atoms with E-state index in [0.29, 0.717) is 24.5 Å². The lowest BCUT2D eigenvalue weighted by molar-refractivity contribution is -0.156. The van der Waals surface area contributed by atoms with Gasteiger partial charge in [-0.25, -0.2) is 9.78 Å². The van der Waals surface area contributed by atoms with Crippen LogP contribution in [0.4, 0.5) is 5.82 Å². The van der Waals surface area contributed by atoms with Gasteiger partial charge in [0, 0.05) is 25.7 Å². The summed E-state index contributed by atoms with van der Waals surface area (Å²) < 4.78 is 18.4. The molecule has 1 unspecified atom stereocenters. The first-order valence-corrected chi connectivity index (χ1v) is 12.8. The number of aliphatic hydroxyl groups is 2. The van der Waals surface area contributed by atoms with E-state index in [-0.39, 0.29) is 23.4 Å². The summed E-state index contributed by atoms with van der Waals surface area (Å²) in [6.07, 6.45) is 3.34. The summed E-state index contributed by atoms with van der Waals surface area (Å²) in [5.74, 6) is 1.43. The zero-order valence-electron chi connectivity index (χ0n) is 20.8. The van der Waals surface area contributed by atoms with E-state index in [4.69, 9.17) is 32.2 Å². The molecule has 4 N–H and O–H groups in total. The van der Waals surface area contributed by atoms with E-state index in [1.54, 1.807) is 24.3 Å². The smallest absolute Gasteiger partial charge is 0.333 e. The molecule has 2 saturated heterocycles. The van der Waals surface area contributed by atoms with Gasteiger partial charge >= 0.3 is 5.97 Å². The predicted molar refractivity (Wildman–Crippen MR) is 139 cm³/mol. The molecule has 0 bridgehead atoms. The monoisotopic (exact) mass is 557 g/mol.